The van der Waals surface area contributed by atoms with Gasteiger partial charge in [-0.2, -0.15) is 0 Å². The first kappa shape index (κ1) is 20.5. The molecule has 1 amide bonds. The molecule has 0 aromatic heterocycles. The molecule has 0 bridgehead atoms. The lowest BCUT2D eigenvalue weighted by Gasteiger charge is -2.40. The monoisotopic (exact) mass is 382 g/mol. The molecular formula is C24H31FN2O. The average Bonchev–Trinajstić information content (AvgIpc) is 2.73. The highest BCUT2D eigenvalue weighted by molar-refractivity contribution is 5.93. The zero-order valence-electron chi connectivity index (χ0n) is 17.0. The third-order valence-electron chi connectivity index (χ3n) is 5.85. The molecule has 3 rings (SSSR count). The lowest BCUT2D eigenvalue weighted by molar-refractivity contribution is -0.119. The first-order valence-corrected chi connectivity index (χ1v) is 10.4. The van der Waals surface area contributed by atoms with Crippen LogP contribution in [0.5, 0.6) is 0 Å². The molecule has 28 heavy (non-hydrogen) atoms. The molecule has 1 heterocycles. The van der Waals surface area contributed by atoms with Crippen molar-refractivity contribution in [1.82, 2.24) is 4.90 Å². The van der Waals surface area contributed by atoms with Crippen LogP contribution in [-0.4, -0.2) is 36.5 Å². The van der Waals surface area contributed by atoms with Gasteiger partial charge in [-0.1, -0.05) is 43.3 Å². The van der Waals surface area contributed by atoms with Crippen LogP contribution >= 0.6 is 0 Å². The Morgan fingerprint density at radius 1 is 1.21 bits per heavy atom. The summed E-state index contributed by atoms with van der Waals surface area (Å²) in [6.45, 7) is 7.11. The smallest absolute Gasteiger partial charge is 0.226 e. The molecule has 0 saturated carbocycles. The number of carbonyl (C=O) groups is 1. The normalized spacial score (nSPS) is 18.6. The van der Waals surface area contributed by atoms with Gasteiger partial charge in [-0.25, -0.2) is 4.39 Å². The maximum Gasteiger partial charge on any atom is 0.226 e. The van der Waals surface area contributed by atoms with Crippen LogP contribution in [0, 0.1) is 11.7 Å². The third-order valence-corrected chi connectivity index (χ3v) is 5.85. The van der Waals surface area contributed by atoms with Gasteiger partial charge in [0, 0.05) is 31.2 Å². The lowest BCUT2D eigenvalue weighted by atomic mass is 9.89. The van der Waals surface area contributed by atoms with Crippen molar-refractivity contribution < 1.29 is 9.18 Å². The number of halogens is 1. The first-order valence-electron chi connectivity index (χ1n) is 10.4. The molecule has 150 valence electrons. The van der Waals surface area contributed by atoms with Crippen LogP contribution in [-0.2, 0) is 11.2 Å². The zero-order chi connectivity index (χ0) is 19.9. The molecule has 2 aromatic rings. The molecule has 1 saturated heterocycles. The van der Waals surface area contributed by atoms with Gasteiger partial charge in [0.15, 0.2) is 0 Å². The molecular weight excluding hydrogens is 351 g/mol. The van der Waals surface area contributed by atoms with Gasteiger partial charge in [0.05, 0.1) is 0 Å². The Hall–Kier alpha value is -2.20. The minimum absolute atomic E-state index is 0.0498. The Morgan fingerprint density at radius 2 is 2.00 bits per heavy atom. The molecule has 3 nitrogen and oxygen atoms in total. The Kier molecular flexibility index (Phi) is 7.21. The van der Waals surface area contributed by atoms with E-state index in [-0.39, 0.29) is 17.8 Å². The number of amides is 1. The van der Waals surface area contributed by atoms with Gasteiger partial charge in [-0.05, 0) is 62.4 Å². The van der Waals surface area contributed by atoms with E-state index in [0.29, 0.717) is 18.0 Å². The standard InChI is InChI=1S/C24H31FN2O/c1-3-24(28)27(23-13-7-12-22(25)17-23)19(2)21-11-8-15-26(18-21)16-14-20-9-5-4-6-10-20/h4-7,9-10,12-13,17,19,21H,3,8,11,14-16,18H2,1-2H3/t19-,21+/m1/s1. The van der Waals surface area contributed by atoms with E-state index in [1.54, 1.807) is 6.07 Å². The van der Waals surface area contributed by atoms with Gasteiger partial charge in [0.25, 0.3) is 0 Å². The minimum Gasteiger partial charge on any atom is -0.309 e. The number of anilines is 1. The predicted octanol–water partition coefficient (Wildman–Crippen LogP) is 4.91. The molecule has 2 aromatic carbocycles. The largest absolute Gasteiger partial charge is 0.309 e. The molecule has 0 radical (unpaired) electrons. The third kappa shape index (κ3) is 5.20. The number of hydrogen-bond donors (Lipinski definition) is 0. The second kappa shape index (κ2) is 9.83. The van der Waals surface area contributed by atoms with Crippen LogP contribution in [0.3, 0.4) is 0 Å². The number of piperidine rings is 1. The summed E-state index contributed by atoms with van der Waals surface area (Å²) in [5.41, 5.74) is 2.03. The van der Waals surface area contributed by atoms with Gasteiger partial charge < -0.3 is 9.80 Å². The second-order valence-electron chi connectivity index (χ2n) is 7.78. The summed E-state index contributed by atoms with van der Waals surface area (Å²) in [5, 5.41) is 0. The highest BCUT2D eigenvalue weighted by Crippen LogP contribution is 2.28. The quantitative estimate of drug-likeness (QED) is 0.679. The lowest BCUT2D eigenvalue weighted by Crippen LogP contribution is -2.49. The van der Waals surface area contributed by atoms with Crippen molar-refractivity contribution in [3.8, 4) is 0 Å². The summed E-state index contributed by atoms with van der Waals surface area (Å²) in [6, 6.07) is 17.0. The Labute approximate surface area is 168 Å². The topological polar surface area (TPSA) is 23.6 Å². The molecule has 0 aliphatic carbocycles. The number of benzene rings is 2. The van der Waals surface area contributed by atoms with Crippen molar-refractivity contribution in [3.63, 3.8) is 0 Å². The minimum atomic E-state index is -0.299. The van der Waals surface area contributed by atoms with Crippen molar-refractivity contribution in [1.29, 1.82) is 0 Å². The first-order chi connectivity index (χ1) is 13.6. The van der Waals surface area contributed by atoms with E-state index >= 15 is 0 Å². The summed E-state index contributed by atoms with van der Waals surface area (Å²) in [7, 11) is 0. The molecule has 1 aliphatic rings. The number of carbonyl (C=O) groups excluding carboxylic acids is 1. The van der Waals surface area contributed by atoms with Crippen LogP contribution in [0.1, 0.15) is 38.7 Å². The number of rotatable bonds is 7. The molecule has 4 heteroatoms. The van der Waals surface area contributed by atoms with E-state index in [1.165, 1.54) is 17.7 Å². The number of likely N-dealkylation sites (tertiary alicyclic amines) is 1. The van der Waals surface area contributed by atoms with E-state index in [1.807, 2.05) is 24.0 Å². The van der Waals surface area contributed by atoms with Gasteiger partial charge >= 0.3 is 0 Å². The van der Waals surface area contributed by atoms with Crippen LogP contribution in [0.25, 0.3) is 0 Å². The van der Waals surface area contributed by atoms with Crippen LogP contribution in [0.15, 0.2) is 54.6 Å². The Balaban J connectivity index is 1.68. The molecule has 1 fully saturated rings. The van der Waals surface area contributed by atoms with Crippen molar-refractivity contribution in [2.75, 3.05) is 24.5 Å². The Bertz CT molecular complexity index is 764. The second-order valence-corrected chi connectivity index (χ2v) is 7.78. The summed E-state index contributed by atoms with van der Waals surface area (Å²) >= 11 is 0. The molecule has 0 spiro atoms. The zero-order valence-corrected chi connectivity index (χ0v) is 17.0. The predicted molar refractivity (Wildman–Crippen MR) is 113 cm³/mol. The van der Waals surface area contributed by atoms with Crippen LogP contribution in [0.2, 0.25) is 0 Å². The highest BCUT2D eigenvalue weighted by atomic mass is 19.1. The summed E-state index contributed by atoms with van der Waals surface area (Å²) in [4.78, 5) is 17.0. The molecule has 1 aliphatic heterocycles. The van der Waals surface area contributed by atoms with Crippen molar-refractivity contribution in [2.45, 2.75) is 45.6 Å². The average molecular weight is 383 g/mol. The van der Waals surface area contributed by atoms with E-state index in [4.69, 9.17) is 0 Å². The van der Waals surface area contributed by atoms with E-state index < -0.39 is 0 Å². The van der Waals surface area contributed by atoms with Gasteiger partial charge in [-0.3, -0.25) is 4.79 Å². The number of nitrogens with zero attached hydrogens (tertiary/aromatic N) is 2. The SMILES string of the molecule is CCC(=O)N(c1cccc(F)c1)[C@H](C)[C@H]1CCCN(CCc2ccccc2)C1. The molecule has 0 unspecified atom stereocenters. The molecule has 0 N–H and O–H groups in total. The fourth-order valence-corrected chi connectivity index (χ4v) is 4.23. The summed E-state index contributed by atoms with van der Waals surface area (Å²) in [6.07, 6.45) is 3.71. The van der Waals surface area contributed by atoms with Crippen LogP contribution in [0.4, 0.5) is 10.1 Å². The van der Waals surface area contributed by atoms with E-state index in [9.17, 15) is 9.18 Å². The number of hydrogen-bond acceptors (Lipinski definition) is 2. The maximum atomic E-state index is 13.8. The van der Waals surface area contributed by atoms with Crippen molar-refractivity contribution >= 4 is 11.6 Å². The van der Waals surface area contributed by atoms with Gasteiger partial charge in [0.2, 0.25) is 5.91 Å². The molecule has 2 atom stereocenters. The fraction of sp³-hybridized carbons (Fsp3) is 0.458. The Morgan fingerprint density at radius 3 is 2.71 bits per heavy atom. The van der Waals surface area contributed by atoms with Crippen molar-refractivity contribution in [2.24, 2.45) is 5.92 Å². The highest BCUT2D eigenvalue weighted by Gasteiger charge is 2.31. The van der Waals surface area contributed by atoms with Crippen LogP contribution < -0.4 is 4.90 Å². The van der Waals surface area contributed by atoms with E-state index in [2.05, 4.69) is 36.1 Å². The summed E-state index contributed by atoms with van der Waals surface area (Å²) < 4.78 is 13.8. The maximum absolute atomic E-state index is 13.8. The fourth-order valence-electron chi connectivity index (χ4n) is 4.23. The summed E-state index contributed by atoms with van der Waals surface area (Å²) in [5.74, 6) is 0.148. The van der Waals surface area contributed by atoms with Gasteiger partial charge in [0.1, 0.15) is 5.82 Å². The van der Waals surface area contributed by atoms with Gasteiger partial charge in [-0.15, -0.1) is 0 Å². The van der Waals surface area contributed by atoms with Crippen molar-refractivity contribution in [3.05, 3.63) is 66.0 Å². The van der Waals surface area contributed by atoms with E-state index in [0.717, 1.165) is 38.9 Å².